The quantitative estimate of drug-likeness (QED) is 0.845. The Labute approximate surface area is 102 Å². The van der Waals surface area contributed by atoms with Crippen LogP contribution in [0, 0.1) is 6.92 Å². The zero-order valence-corrected chi connectivity index (χ0v) is 10.3. The molecule has 0 aliphatic rings. The fourth-order valence-electron chi connectivity index (χ4n) is 1.45. The van der Waals surface area contributed by atoms with Gasteiger partial charge in [-0.05, 0) is 13.8 Å². The summed E-state index contributed by atoms with van der Waals surface area (Å²) in [4.78, 5) is 12.0. The van der Waals surface area contributed by atoms with Crippen LogP contribution < -0.4 is 11.1 Å². The molecule has 1 amide bonds. The molecule has 0 atom stereocenters. The van der Waals surface area contributed by atoms with Crippen molar-refractivity contribution in [2.24, 2.45) is 0 Å². The maximum Gasteiger partial charge on any atom is 0.277 e. The minimum absolute atomic E-state index is 0.318. The number of nitrogen functional groups attached to an aromatic ring is 1. The second kappa shape index (κ2) is 4.50. The number of nitrogens with one attached hydrogen (secondary N) is 1. The number of rotatable bonds is 3. The Hall–Kier alpha value is -1.96. The zero-order valence-electron chi connectivity index (χ0n) is 9.47. The number of carbonyl (C=O) groups is 1. The van der Waals surface area contributed by atoms with Crippen molar-refractivity contribution in [3.05, 3.63) is 16.9 Å². The smallest absolute Gasteiger partial charge is 0.277 e. The topological polar surface area (TPSA) is 98.7 Å². The van der Waals surface area contributed by atoms with Gasteiger partial charge in [0.25, 0.3) is 5.91 Å². The summed E-state index contributed by atoms with van der Waals surface area (Å²) in [6.45, 7) is 4.24. The molecule has 0 aromatic carbocycles. The highest BCUT2D eigenvalue weighted by Crippen LogP contribution is 2.18. The minimum Gasteiger partial charge on any atom is -0.395 e. The van der Waals surface area contributed by atoms with Crippen molar-refractivity contribution >= 4 is 28.1 Å². The van der Waals surface area contributed by atoms with Gasteiger partial charge in [0.2, 0.25) is 5.13 Å². The monoisotopic (exact) mass is 252 g/mol. The number of carbonyl (C=O) groups excluding carboxylic acids is 1. The normalized spacial score (nSPS) is 10.5. The molecule has 2 rings (SSSR count). The van der Waals surface area contributed by atoms with Crippen molar-refractivity contribution in [1.82, 2.24) is 20.0 Å². The highest BCUT2D eigenvalue weighted by molar-refractivity contribution is 7.13. The summed E-state index contributed by atoms with van der Waals surface area (Å²) in [6, 6.07) is 0. The summed E-state index contributed by atoms with van der Waals surface area (Å²) in [7, 11) is 0. The van der Waals surface area contributed by atoms with E-state index in [9.17, 15) is 4.79 Å². The largest absolute Gasteiger partial charge is 0.395 e. The van der Waals surface area contributed by atoms with Crippen molar-refractivity contribution < 1.29 is 4.79 Å². The number of aromatic nitrogens is 4. The summed E-state index contributed by atoms with van der Waals surface area (Å²) >= 11 is 1.25. The standard InChI is InChI=1S/C9H12N6OS/c1-3-15-7(6(10)5(2)14-15)8(16)12-9-13-11-4-17-9/h4H,3,10H2,1-2H3,(H,12,13,16). The van der Waals surface area contributed by atoms with Crippen LogP contribution in [0.1, 0.15) is 23.1 Å². The Morgan fingerprint density at radius 3 is 3.00 bits per heavy atom. The average molecular weight is 252 g/mol. The lowest BCUT2D eigenvalue weighted by Crippen LogP contribution is -2.18. The zero-order chi connectivity index (χ0) is 12.4. The van der Waals surface area contributed by atoms with Crippen LogP contribution in [-0.2, 0) is 6.54 Å². The van der Waals surface area contributed by atoms with Crippen LogP contribution in [0.5, 0.6) is 0 Å². The third-order valence-electron chi connectivity index (χ3n) is 2.27. The summed E-state index contributed by atoms with van der Waals surface area (Å²) in [5.41, 5.74) is 8.78. The average Bonchev–Trinajstić information content (AvgIpc) is 2.88. The summed E-state index contributed by atoms with van der Waals surface area (Å²) in [5, 5.41) is 14.6. The molecule has 2 aromatic heterocycles. The molecule has 0 radical (unpaired) electrons. The van der Waals surface area contributed by atoms with E-state index >= 15 is 0 Å². The molecule has 0 saturated heterocycles. The Balaban J connectivity index is 2.30. The van der Waals surface area contributed by atoms with E-state index in [-0.39, 0.29) is 5.91 Å². The maximum atomic E-state index is 12.0. The molecule has 2 heterocycles. The molecule has 0 unspecified atom stereocenters. The van der Waals surface area contributed by atoms with E-state index in [4.69, 9.17) is 5.73 Å². The third-order valence-corrected chi connectivity index (χ3v) is 2.88. The second-order valence-corrected chi connectivity index (χ2v) is 4.19. The number of nitrogens with zero attached hydrogens (tertiary/aromatic N) is 4. The third kappa shape index (κ3) is 2.11. The summed E-state index contributed by atoms with van der Waals surface area (Å²) in [5.74, 6) is -0.318. The molecule has 0 spiro atoms. The first-order chi connectivity index (χ1) is 8.13. The lowest BCUT2D eigenvalue weighted by atomic mass is 10.3. The number of hydrogen-bond acceptors (Lipinski definition) is 6. The molecule has 90 valence electrons. The molecular weight excluding hydrogens is 240 g/mol. The van der Waals surface area contributed by atoms with E-state index in [2.05, 4.69) is 20.6 Å². The number of amides is 1. The first kappa shape index (κ1) is 11.5. The van der Waals surface area contributed by atoms with Crippen LogP contribution in [0.25, 0.3) is 0 Å². The first-order valence-electron chi connectivity index (χ1n) is 5.03. The van der Waals surface area contributed by atoms with Gasteiger partial charge in [0.1, 0.15) is 11.2 Å². The van der Waals surface area contributed by atoms with Crippen LogP contribution in [0.2, 0.25) is 0 Å². The van der Waals surface area contributed by atoms with E-state index < -0.39 is 0 Å². The molecule has 2 aromatic rings. The van der Waals surface area contributed by atoms with Gasteiger partial charge < -0.3 is 5.73 Å². The molecular formula is C9H12N6OS. The van der Waals surface area contributed by atoms with Gasteiger partial charge in [0, 0.05) is 6.54 Å². The van der Waals surface area contributed by atoms with Crippen LogP contribution >= 0.6 is 11.3 Å². The van der Waals surface area contributed by atoms with Gasteiger partial charge in [-0.2, -0.15) is 5.10 Å². The number of aryl methyl sites for hydroxylation is 2. The van der Waals surface area contributed by atoms with E-state index in [1.807, 2.05) is 6.92 Å². The predicted molar refractivity (Wildman–Crippen MR) is 64.9 cm³/mol. The van der Waals surface area contributed by atoms with Crippen LogP contribution in [0.15, 0.2) is 5.51 Å². The Bertz CT molecular complexity index is 532. The molecule has 0 fully saturated rings. The van der Waals surface area contributed by atoms with E-state index in [0.29, 0.717) is 28.8 Å². The molecule has 8 heteroatoms. The van der Waals surface area contributed by atoms with Gasteiger partial charge in [-0.25, -0.2) is 0 Å². The van der Waals surface area contributed by atoms with Crippen molar-refractivity contribution in [2.45, 2.75) is 20.4 Å². The van der Waals surface area contributed by atoms with Gasteiger partial charge in [-0.3, -0.25) is 14.8 Å². The van der Waals surface area contributed by atoms with Gasteiger partial charge in [-0.1, -0.05) is 11.3 Å². The van der Waals surface area contributed by atoms with E-state index in [1.165, 1.54) is 11.3 Å². The number of nitrogens with two attached hydrogens (primary N) is 1. The fourth-order valence-corrected chi connectivity index (χ4v) is 1.89. The SMILES string of the molecule is CCn1nc(C)c(N)c1C(=O)Nc1nncs1. The molecule has 7 nitrogen and oxygen atoms in total. The van der Waals surface area contributed by atoms with Crippen molar-refractivity contribution in [1.29, 1.82) is 0 Å². The van der Waals surface area contributed by atoms with Crippen LogP contribution in [0.3, 0.4) is 0 Å². The maximum absolute atomic E-state index is 12.0. The molecule has 17 heavy (non-hydrogen) atoms. The van der Waals surface area contributed by atoms with E-state index in [1.54, 1.807) is 17.1 Å². The molecule has 3 N–H and O–H groups in total. The van der Waals surface area contributed by atoms with Crippen LogP contribution in [-0.4, -0.2) is 25.9 Å². The first-order valence-corrected chi connectivity index (χ1v) is 5.91. The van der Waals surface area contributed by atoms with Gasteiger partial charge in [-0.15, -0.1) is 10.2 Å². The lowest BCUT2D eigenvalue weighted by molar-refractivity contribution is 0.101. The second-order valence-electron chi connectivity index (χ2n) is 3.36. The Kier molecular flexibility index (Phi) is 3.05. The van der Waals surface area contributed by atoms with Gasteiger partial charge in [0.05, 0.1) is 11.4 Å². The number of anilines is 2. The predicted octanol–water partition coefficient (Wildman–Crippen LogP) is 0.897. The van der Waals surface area contributed by atoms with Gasteiger partial charge >= 0.3 is 0 Å². The van der Waals surface area contributed by atoms with E-state index in [0.717, 1.165) is 0 Å². The van der Waals surface area contributed by atoms with Crippen molar-refractivity contribution in [3.8, 4) is 0 Å². The Morgan fingerprint density at radius 2 is 2.41 bits per heavy atom. The van der Waals surface area contributed by atoms with Crippen LogP contribution in [0.4, 0.5) is 10.8 Å². The highest BCUT2D eigenvalue weighted by atomic mass is 32.1. The molecule has 0 aliphatic carbocycles. The fraction of sp³-hybridized carbons (Fsp3) is 0.333. The van der Waals surface area contributed by atoms with Crippen molar-refractivity contribution in [2.75, 3.05) is 11.1 Å². The molecule has 0 aliphatic heterocycles. The number of hydrogen-bond donors (Lipinski definition) is 2. The van der Waals surface area contributed by atoms with Gasteiger partial charge in [0.15, 0.2) is 0 Å². The molecule has 0 bridgehead atoms. The Morgan fingerprint density at radius 1 is 1.65 bits per heavy atom. The molecule has 0 saturated carbocycles. The summed E-state index contributed by atoms with van der Waals surface area (Å²) in [6.07, 6.45) is 0. The lowest BCUT2D eigenvalue weighted by Gasteiger charge is -2.04. The summed E-state index contributed by atoms with van der Waals surface area (Å²) < 4.78 is 1.57. The highest BCUT2D eigenvalue weighted by Gasteiger charge is 2.19. The van der Waals surface area contributed by atoms with Crippen molar-refractivity contribution in [3.63, 3.8) is 0 Å². The minimum atomic E-state index is -0.318.